The highest BCUT2D eigenvalue weighted by Gasteiger charge is 2.37. The minimum Gasteiger partial charge on any atom is -0.330 e. The molecule has 0 saturated heterocycles. The van der Waals surface area contributed by atoms with E-state index in [-0.39, 0.29) is 24.4 Å². The van der Waals surface area contributed by atoms with Crippen molar-refractivity contribution in [3.63, 3.8) is 0 Å². The molecule has 3 nitrogen and oxygen atoms in total. The monoisotopic (exact) mass is 221 g/mol. The van der Waals surface area contributed by atoms with Crippen molar-refractivity contribution in [2.75, 3.05) is 6.54 Å². The summed E-state index contributed by atoms with van der Waals surface area (Å²) in [6.45, 7) is 3.81. The lowest BCUT2D eigenvalue weighted by molar-refractivity contribution is -0.141. The summed E-state index contributed by atoms with van der Waals surface area (Å²) in [5, 5.41) is 5.76. The highest BCUT2D eigenvalue weighted by molar-refractivity contribution is 5.29. The van der Waals surface area contributed by atoms with Crippen LogP contribution in [-0.4, -0.2) is 16.7 Å². The van der Waals surface area contributed by atoms with Crippen LogP contribution in [0.25, 0.3) is 0 Å². The molecule has 15 heavy (non-hydrogen) atoms. The summed E-state index contributed by atoms with van der Waals surface area (Å²) in [7, 11) is 0. The summed E-state index contributed by atoms with van der Waals surface area (Å²) in [6.07, 6.45) is -4.22. The van der Waals surface area contributed by atoms with Gasteiger partial charge in [-0.2, -0.15) is 18.3 Å². The number of hydrogen-bond acceptors (Lipinski definition) is 2. The smallest absolute Gasteiger partial charge is 0.330 e. The third kappa shape index (κ3) is 2.50. The molecule has 0 aromatic carbocycles. The highest BCUT2D eigenvalue weighted by Crippen LogP contribution is 2.33. The normalized spacial score (nSPS) is 12.5. The molecule has 0 aliphatic carbocycles. The van der Waals surface area contributed by atoms with Gasteiger partial charge in [0, 0.05) is 11.3 Å². The molecule has 0 bridgehead atoms. The third-order valence-corrected chi connectivity index (χ3v) is 2.14. The Labute approximate surface area is 85.9 Å². The summed E-state index contributed by atoms with van der Waals surface area (Å²) >= 11 is 0. The van der Waals surface area contributed by atoms with Gasteiger partial charge in [0.05, 0.1) is 0 Å². The molecule has 0 fully saturated rings. The average molecular weight is 221 g/mol. The number of halogens is 3. The van der Waals surface area contributed by atoms with Gasteiger partial charge >= 0.3 is 6.18 Å². The molecule has 6 heteroatoms. The van der Waals surface area contributed by atoms with E-state index in [2.05, 4.69) is 10.2 Å². The van der Waals surface area contributed by atoms with E-state index in [1.165, 1.54) is 0 Å². The fourth-order valence-corrected chi connectivity index (χ4v) is 1.49. The molecule has 1 aromatic rings. The van der Waals surface area contributed by atoms with Crippen LogP contribution in [0.4, 0.5) is 13.2 Å². The first-order valence-electron chi connectivity index (χ1n) is 4.72. The lowest BCUT2D eigenvalue weighted by Gasteiger charge is -2.08. The second-order valence-electron chi connectivity index (χ2n) is 3.66. The van der Waals surface area contributed by atoms with E-state index in [0.717, 1.165) is 0 Å². The quantitative estimate of drug-likeness (QED) is 0.820. The van der Waals surface area contributed by atoms with Gasteiger partial charge in [-0.05, 0) is 18.9 Å². The number of aromatic amines is 1. The zero-order valence-corrected chi connectivity index (χ0v) is 8.65. The van der Waals surface area contributed by atoms with Crippen molar-refractivity contribution in [1.29, 1.82) is 0 Å². The molecular formula is C9H14F3N3. The molecule has 1 aromatic heterocycles. The second-order valence-corrected chi connectivity index (χ2v) is 3.66. The Kier molecular flexibility index (Phi) is 3.38. The lowest BCUT2D eigenvalue weighted by atomic mass is 10.0. The van der Waals surface area contributed by atoms with E-state index in [1.54, 1.807) is 0 Å². The van der Waals surface area contributed by atoms with Gasteiger partial charge in [0.2, 0.25) is 0 Å². The van der Waals surface area contributed by atoms with Crippen LogP contribution in [0.1, 0.15) is 36.7 Å². The summed E-state index contributed by atoms with van der Waals surface area (Å²) in [5.74, 6) is -0.0184. The Bertz CT molecular complexity index is 328. The predicted octanol–water partition coefficient (Wildman–Crippen LogP) is 2.05. The standard InChI is InChI=1S/C9H14F3N3/c1-5(2)7-6(3-4-13)8(15-14-7)9(10,11)12/h5H,3-4,13H2,1-2H3,(H,14,15). The first kappa shape index (κ1) is 12.0. The molecule has 0 aliphatic heterocycles. The Morgan fingerprint density at radius 1 is 1.40 bits per heavy atom. The summed E-state index contributed by atoms with van der Waals surface area (Å²) in [4.78, 5) is 0. The average Bonchev–Trinajstić information content (AvgIpc) is 2.47. The van der Waals surface area contributed by atoms with Crippen molar-refractivity contribution in [2.24, 2.45) is 5.73 Å². The Hall–Kier alpha value is -1.04. The first-order chi connectivity index (χ1) is 6.88. The third-order valence-electron chi connectivity index (χ3n) is 2.14. The number of rotatable bonds is 3. The molecule has 0 radical (unpaired) electrons. The summed E-state index contributed by atoms with van der Waals surface area (Å²) in [5.41, 5.74) is 5.17. The van der Waals surface area contributed by atoms with Crippen LogP contribution in [0.5, 0.6) is 0 Å². The molecule has 0 saturated carbocycles. The van der Waals surface area contributed by atoms with Crippen LogP contribution in [0, 0.1) is 0 Å². The Morgan fingerprint density at radius 3 is 2.40 bits per heavy atom. The number of aromatic nitrogens is 2. The van der Waals surface area contributed by atoms with Gasteiger partial charge in [0.25, 0.3) is 0 Å². The van der Waals surface area contributed by atoms with E-state index in [4.69, 9.17) is 5.73 Å². The fourth-order valence-electron chi connectivity index (χ4n) is 1.49. The van der Waals surface area contributed by atoms with Crippen molar-refractivity contribution in [2.45, 2.75) is 32.4 Å². The van der Waals surface area contributed by atoms with Crippen molar-refractivity contribution in [3.8, 4) is 0 Å². The van der Waals surface area contributed by atoms with Gasteiger partial charge in [0.1, 0.15) is 0 Å². The molecule has 86 valence electrons. The van der Waals surface area contributed by atoms with Crippen LogP contribution in [0.15, 0.2) is 0 Å². The molecule has 0 atom stereocenters. The summed E-state index contributed by atoms with van der Waals surface area (Å²) < 4.78 is 37.6. The summed E-state index contributed by atoms with van der Waals surface area (Å²) in [6, 6.07) is 0. The topological polar surface area (TPSA) is 54.7 Å². The molecule has 0 amide bonds. The SMILES string of the molecule is CC(C)c1[nH]nc(C(F)(F)F)c1CCN. The number of H-pyrrole nitrogens is 1. The zero-order chi connectivity index (χ0) is 11.6. The van der Waals surface area contributed by atoms with Crippen molar-refractivity contribution in [1.82, 2.24) is 10.2 Å². The van der Waals surface area contributed by atoms with Crippen LogP contribution < -0.4 is 5.73 Å². The molecule has 3 N–H and O–H groups in total. The molecular weight excluding hydrogens is 207 g/mol. The number of alkyl halides is 3. The van der Waals surface area contributed by atoms with E-state index in [1.807, 2.05) is 13.8 Å². The molecule has 0 aliphatic rings. The fraction of sp³-hybridized carbons (Fsp3) is 0.667. The maximum Gasteiger partial charge on any atom is 0.435 e. The zero-order valence-electron chi connectivity index (χ0n) is 8.65. The first-order valence-corrected chi connectivity index (χ1v) is 4.72. The van der Waals surface area contributed by atoms with Crippen LogP contribution in [0.3, 0.4) is 0 Å². The van der Waals surface area contributed by atoms with Gasteiger partial charge < -0.3 is 5.73 Å². The van der Waals surface area contributed by atoms with Crippen molar-refractivity contribution >= 4 is 0 Å². The minimum absolute atomic E-state index is 0.0184. The maximum absolute atomic E-state index is 12.5. The molecule has 0 unspecified atom stereocenters. The van der Waals surface area contributed by atoms with Crippen molar-refractivity contribution < 1.29 is 13.2 Å². The molecule has 1 heterocycles. The van der Waals surface area contributed by atoms with Gasteiger partial charge in [-0.1, -0.05) is 13.8 Å². The number of nitrogens with one attached hydrogen (secondary N) is 1. The van der Waals surface area contributed by atoms with Crippen LogP contribution in [0.2, 0.25) is 0 Å². The minimum atomic E-state index is -4.41. The largest absolute Gasteiger partial charge is 0.435 e. The van der Waals surface area contributed by atoms with Gasteiger partial charge in [0.15, 0.2) is 5.69 Å². The second kappa shape index (κ2) is 4.22. The van der Waals surface area contributed by atoms with Crippen molar-refractivity contribution in [3.05, 3.63) is 17.0 Å². The Balaban J connectivity index is 3.18. The van der Waals surface area contributed by atoms with Crippen LogP contribution in [-0.2, 0) is 12.6 Å². The van der Waals surface area contributed by atoms with Gasteiger partial charge in [-0.25, -0.2) is 0 Å². The highest BCUT2D eigenvalue weighted by atomic mass is 19.4. The van der Waals surface area contributed by atoms with E-state index in [9.17, 15) is 13.2 Å². The van der Waals surface area contributed by atoms with E-state index in [0.29, 0.717) is 5.69 Å². The Morgan fingerprint density at radius 2 is 2.00 bits per heavy atom. The molecule has 1 rings (SSSR count). The van der Waals surface area contributed by atoms with Gasteiger partial charge in [-0.3, -0.25) is 5.10 Å². The van der Waals surface area contributed by atoms with E-state index < -0.39 is 11.9 Å². The number of hydrogen-bond donors (Lipinski definition) is 2. The van der Waals surface area contributed by atoms with Gasteiger partial charge in [-0.15, -0.1) is 0 Å². The maximum atomic E-state index is 12.5. The lowest BCUT2D eigenvalue weighted by Crippen LogP contribution is -2.13. The number of nitrogens with two attached hydrogens (primary N) is 1. The predicted molar refractivity (Wildman–Crippen MR) is 50.4 cm³/mol. The van der Waals surface area contributed by atoms with Crippen LogP contribution >= 0.6 is 0 Å². The molecule has 0 spiro atoms. The van der Waals surface area contributed by atoms with E-state index >= 15 is 0 Å². The number of nitrogens with zero attached hydrogens (tertiary/aromatic N) is 1.